The van der Waals surface area contributed by atoms with Crippen molar-refractivity contribution >= 4 is 5.91 Å². The molecular weight excluding hydrogens is 252 g/mol. The lowest BCUT2D eigenvalue weighted by atomic mass is 9.88. The van der Waals surface area contributed by atoms with Crippen molar-refractivity contribution in [1.29, 1.82) is 0 Å². The third-order valence-electron chi connectivity index (χ3n) is 4.82. The van der Waals surface area contributed by atoms with Crippen molar-refractivity contribution in [3.63, 3.8) is 0 Å². The second kappa shape index (κ2) is 7.41. The fourth-order valence-corrected chi connectivity index (χ4v) is 3.44. The van der Waals surface area contributed by atoms with E-state index in [9.17, 15) is 4.79 Å². The second-order valence-electron chi connectivity index (χ2n) is 6.52. The van der Waals surface area contributed by atoms with E-state index < -0.39 is 0 Å². The number of rotatable bonds is 5. The Labute approximate surface area is 123 Å². The number of carbonyl (C=O) groups is 1. The molecule has 0 spiro atoms. The van der Waals surface area contributed by atoms with E-state index in [4.69, 9.17) is 4.74 Å². The lowest BCUT2D eigenvalue weighted by molar-refractivity contribution is -0.150. The molecular formula is C16H30N2O2. The third kappa shape index (κ3) is 3.95. The van der Waals surface area contributed by atoms with Gasteiger partial charge in [-0.3, -0.25) is 4.79 Å². The molecule has 2 fully saturated rings. The molecule has 4 heteroatoms. The van der Waals surface area contributed by atoms with Gasteiger partial charge < -0.3 is 15.0 Å². The lowest BCUT2D eigenvalue weighted by Gasteiger charge is -2.33. The van der Waals surface area contributed by atoms with Crippen LogP contribution in [0.5, 0.6) is 0 Å². The van der Waals surface area contributed by atoms with Gasteiger partial charge in [0.15, 0.2) is 0 Å². The minimum absolute atomic E-state index is 0.166. The summed E-state index contributed by atoms with van der Waals surface area (Å²) in [6.07, 6.45) is 6.62. The number of ether oxygens (including phenoxy) is 1. The van der Waals surface area contributed by atoms with Crippen molar-refractivity contribution < 1.29 is 9.53 Å². The fraction of sp³-hybridized carbons (Fsp3) is 0.938. The van der Waals surface area contributed by atoms with Crippen LogP contribution in [0.15, 0.2) is 0 Å². The molecule has 4 nitrogen and oxygen atoms in total. The molecule has 0 aromatic carbocycles. The number of nitrogens with zero attached hydrogens (tertiary/aromatic N) is 1. The van der Waals surface area contributed by atoms with Crippen LogP contribution < -0.4 is 5.32 Å². The maximum atomic E-state index is 12.6. The molecule has 0 aromatic rings. The highest BCUT2D eigenvalue weighted by molar-refractivity contribution is 5.81. The molecule has 4 atom stereocenters. The van der Waals surface area contributed by atoms with Crippen LogP contribution in [-0.2, 0) is 9.53 Å². The maximum Gasteiger partial charge on any atom is 0.251 e. The van der Waals surface area contributed by atoms with Crippen LogP contribution in [0, 0.1) is 5.92 Å². The highest BCUT2D eigenvalue weighted by Crippen LogP contribution is 2.27. The summed E-state index contributed by atoms with van der Waals surface area (Å²) in [5.41, 5.74) is 0. The Balaban J connectivity index is 1.87. The van der Waals surface area contributed by atoms with E-state index in [1.165, 1.54) is 12.8 Å². The van der Waals surface area contributed by atoms with E-state index >= 15 is 0 Å². The van der Waals surface area contributed by atoms with Gasteiger partial charge in [0.05, 0.1) is 6.10 Å². The van der Waals surface area contributed by atoms with Gasteiger partial charge in [0.1, 0.15) is 6.10 Å². The monoisotopic (exact) mass is 282 g/mol. The van der Waals surface area contributed by atoms with Gasteiger partial charge in [-0.05, 0) is 38.1 Å². The summed E-state index contributed by atoms with van der Waals surface area (Å²) < 4.78 is 6.14. The average Bonchev–Trinajstić information content (AvgIpc) is 2.97. The molecule has 1 aliphatic heterocycles. The van der Waals surface area contributed by atoms with E-state index in [0.29, 0.717) is 6.04 Å². The molecule has 0 radical (unpaired) electrons. The smallest absolute Gasteiger partial charge is 0.251 e. The number of carbonyl (C=O) groups excluding carboxylic acids is 1. The molecule has 1 aliphatic carbocycles. The van der Waals surface area contributed by atoms with Crippen molar-refractivity contribution in [1.82, 2.24) is 10.2 Å². The molecule has 1 N–H and O–H groups in total. The topological polar surface area (TPSA) is 41.6 Å². The van der Waals surface area contributed by atoms with Gasteiger partial charge in [0, 0.05) is 19.6 Å². The quantitative estimate of drug-likeness (QED) is 0.840. The highest BCUT2D eigenvalue weighted by Gasteiger charge is 2.31. The predicted octanol–water partition coefficient (Wildman–Crippen LogP) is 2.18. The average molecular weight is 282 g/mol. The van der Waals surface area contributed by atoms with Crippen LogP contribution >= 0.6 is 0 Å². The standard InChI is InChI=1S/C16H30N2O2/c1-4-15(20-14-7-5-6-12(2)10-14)16(19)18(3)13-8-9-17-11-13/h12-15,17H,4-11H2,1-3H3. The Hall–Kier alpha value is -0.610. The first-order valence-corrected chi connectivity index (χ1v) is 8.24. The Bertz CT molecular complexity index is 316. The summed E-state index contributed by atoms with van der Waals surface area (Å²) in [6, 6.07) is 0.338. The molecule has 116 valence electrons. The van der Waals surface area contributed by atoms with Gasteiger partial charge in [-0.2, -0.15) is 0 Å². The Kier molecular flexibility index (Phi) is 5.85. The SMILES string of the molecule is CCC(OC1CCCC(C)C1)C(=O)N(C)C1CCNC1. The van der Waals surface area contributed by atoms with Gasteiger partial charge in [-0.1, -0.05) is 26.7 Å². The molecule has 4 unspecified atom stereocenters. The first-order chi connectivity index (χ1) is 9.61. The first-order valence-electron chi connectivity index (χ1n) is 8.24. The van der Waals surface area contributed by atoms with Crippen LogP contribution in [0.4, 0.5) is 0 Å². The summed E-state index contributed by atoms with van der Waals surface area (Å²) in [5, 5.41) is 3.32. The van der Waals surface area contributed by atoms with Crippen molar-refractivity contribution in [3.05, 3.63) is 0 Å². The number of amides is 1. The van der Waals surface area contributed by atoms with Gasteiger partial charge in [0.25, 0.3) is 5.91 Å². The molecule has 1 amide bonds. The largest absolute Gasteiger partial charge is 0.365 e. The van der Waals surface area contributed by atoms with Gasteiger partial charge >= 0.3 is 0 Å². The number of hydrogen-bond acceptors (Lipinski definition) is 3. The molecule has 0 aromatic heterocycles. The molecule has 1 heterocycles. The summed E-state index contributed by atoms with van der Waals surface area (Å²) >= 11 is 0. The van der Waals surface area contributed by atoms with Crippen molar-refractivity contribution in [3.8, 4) is 0 Å². The maximum absolute atomic E-state index is 12.6. The van der Waals surface area contributed by atoms with Crippen LogP contribution in [-0.4, -0.2) is 49.2 Å². The summed E-state index contributed by atoms with van der Waals surface area (Å²) in [5.74, 6) is 0.901. The van der Waals surface area contributed by atoms with E-state index in [1.54, 1.807) is 0 Å². The van der Waals surface area contributed by atoms with Gasteiger partial charge in [-0.25, -0.2) is 0 Å². The van der Waals surface area contributed by atoms with E-state index in [2.05, 4.69) is 19.2 Å². The van der Waals surface area contributed by atoms with Crippen LogP contribution in [0.3, 0.4) is 0 Å². The minimum atomic E-state index is -0.254. The number of hydrogen-bond donors (Lipinski definition) is 1. The van der Waals surface area contributed by atoms with Crippen LogP contribution in [0.2, 0.25) is 0 Å². The molecule has 1 saturated carbocycles. The molecule has 2 aliphatic rings. The molecule has 1 saturated heterocycles. The van der Waals surface area contributed by atoms with Crippen molar-refractivity contribution in [2.45, 2.75) is 70.6 Å². The normalized spacial score (nSPS) is 32.0. The summed E-state index contributed by atoms with van der Waals surface area (Å²) in [4.78, 5) is 14.5. The second-order valence-corrected chi connectivity index (χ2v) is 6.52. The first kappa shape index (κ1) is 15.8. The minimum Gasteiger partial charge on any atom is -0.365 e. The zero-order valence-corrected chi connectivity index (χ0v) is 13.2. The van der Waals surface area contributed by atoms with E-state index in [0.717, 1.165) is 44.7 Å². The Morgan fingerprint density at radius 1 is 1.40 bits per heavy atom. The van der Waals surface area contributed by atoms with E-state index in [-0.39, 0.29) is 18.1 Å². The molecule has 0 bridgehead atoms. The van der Waals surface area contributed by atoms with E-state index in [1.807, 2.05) is 11.9 Å². The number of nitrogens with one attached hydrogen (secondary N) is 1. The predicted molar refractivity (Wildman–Crippen MR) is 80.6 cm³/mol. The van der Waals surface area contributed by atoms with Crippen molar-refractivity contribution in [2.24, 2.45) is 5.92 Å². The van der Waals surface area contributed by atoms with Crippen LogP contribution in [0.25, 0.3) is 0 Å². The summed E-state index contributed by atoms with van der Waals surface area (Å²) in [7, 11) is 1.93. The molecule has 2 rings (SSSR count). The van der Waals surface area contributed by atoms with Crippen molar-refractivity contribution in [2.75, 3.05) is 20.1 Å². The van der Waals surface area contributed by atoms with Crippen LogP contribution in [0.1, 0.15) is 52.4 Å². The zero-order valence-electron chi connectivity index (χ0n) is 13.2. The van der Waals surface area contributed by atoms with Gasteiger partial charge in [-0.15, -0.1) is 0 Å². The third-order valence-corrected chi connectivity index (χ3v) is 4.82. The lowest BCUT2D eigenvalue weighted by Crippen LogP contribution is -2.46. The molecule has 20 heavy (non-hydrogen) atoms. The fourth-order valence-electron chi connectivity index (χ4n) is 3.44. The zero-order chi connectivity index (χ0) is 14.5. The number of likely N-dealkylation sites (N-methyl/N-ethyl adjacent to an activating group) is 1. The van der Waals surface area contributed by atoms with Gasteiger partial charge in [0.2, 0.25) is 0 Å². The highest BCUT2D eigenvalue weighted by atomic mass is 16.5. The Morgan fingerprint density at radius 2 is 2.20 bits per heavy atom. The summed E-state index contributed by atoms with van der Waals surface area (Å²) in [6.45, 7) is 6.27. The Morgan fingerprint density at radius 3 is 2.80 bits per heavy atom.